The van der Waals surface area contributed by atoms with E-state index >= 15 is 0 Å². The van der Waals surface area contributed by atoms with Crippen LogP contribution in [0, 0.1) is 21.8 Å². The van der Waals surface area contributed by atoms with Crippen molar-refractivity contribution in [1.82, 2.24) is 5.32 Å². The standard InChI is InChI=1S/C23H24FN3O3/c24-17-6-7-20-19(14-17)23(8-10-25-11-9-23)21(12-15-4-5-15)26(20)22(28)16-2-1-3-18(13-16)27(29)30/h1-3,6-7,13-15,21,25H,4-5,8-12H2/t21-/m1/s1. The zero-order valence-electron chi connectivity index (χ0n) is 16.6. The molecule has 2 heterocycles. The Bertz CT molecular complexity index is 1010. The number of anilines is 1. The number of halogens is 1. The van der Waals surface area contributed by atoms with Crippen molar-refractivity contribution in [3.05, 3.63) is 69.5 Å². The molecular weight excluding hydrogens is 385 g/mol. The van der Waals surface area contributed by atoms with E-state index in [1.54, 1.807) is 24.3 Å². The molecule has 0 radical (unpaired) electrons. The van der Waals surface area contributed by atoms with Gasteiger partial charge in [-0.15, -0.1) is 0 Å². The number of benzene rings is 2. The number of fused-ring (bicyclic) bond motifs is 2. The molecule has 7 heteroatoms. The second-order valence-electron chi connectivity index (χ2n) is 8.75. The zero-order chi connectivity index (χ0) is 20.9. The van der Waals surface area contributed by atoms with E-state index in [9.17, 15) is 19.3 Å². The molecule has 0 bridgehead atoms. The molecule has 5 rings (SSSR count). The van der Waals surface area contributed by atoms with Crippen LogP contribution in [0.1, 0.15) is 48.0 Å². The molecule has 156 valence electrons. The SMILES string of the molecule is O=C(c1cccc([N+](=O)[O-])c1)N1c2ccc(F)cc2C2(CCNCC2)[C@H]1CC1CC1. The maximum Gasteiger partial charge on any atom is 0.270 e. The molecule has 2 aromatic carbocycles. The highest BCUT2D eigenvalue weighted by Crippen LogP contribution is 2.54. The van der Waals surface area contributed by atoms with Crippen LogP contribution in [-0.4, -0.2) is 30.0 Å². The molecule has 3 aliphatic rings. The quantitative estimate of drug-likeness (QED) is 0.607. The van der Waals surface area contributed by atoms with Crippen LogP contribution < -0.4 is 10.2 Å². The molecule has 1 saturated carbocycles. The van der Waals surface area contributed by atoms with Crippen LogP contribution in [0.5, 0.6) is 0 Å². The molecule has 2 aliphatic heterocycles. The van der Waals surface area contributed by atoms with Gasteiger partial charge < -0.3 is 10.2 Å². The third-order valence-electron chi connectivity index (χ3n) is 6.98. The molecule has 1 atom stereocenters. The predicted octanol–water partition coefficient (Wildman–Crippen LogP) is 4.18. The van der Waals surface area contributed by atoms with E-state index in [0.29, 0.717) is 11.5 Å². The van der Waals surface area contributed by atoms with Gasteiger partial charge in [-0.3, -0.25) is 14.9 Å². The van der Waals surface area contributed by atoms with Gasteiger partial charge in [-0.25, -0.2) is 4.39 Å². The number of piperidine rings is 1. The number of nitrogens with one attached hydrogen (secondary N) is 1. The second-order valence-corrected chi connectivity index (χ2v) is 8.75. The number of amides is 1. The van der Waals surface area contributed by atoms with Gasteiger partial charge in [0.1, 0.15) is 5.82 Å². The van der Waals surface area contributed by atoms with Gasteiger partial charge >= 0.3 is 0 Å². The van der Waals surface area contributed by atoms with Crippen molar-refractivity contribution in [2.75, 3.05) is 18.0 Å². The van der Waals surface area contributed by atoms with Crippen LogP contribution in [0.3, 0.4) is 0 Å². The summed E-state index contributed by atoms with van der Waals surface area (Å²) in [6.45, 7) is 1.66. The molecular formula is C23H24FN3O3. The van der Waals surface area contributed by atoms with E-state index in [1.165, 1.54) is 18.2 Å². The largest absolute Gasteiger partial charge is 0.317 e. The Labute approximate surface area is 174 Å². The summed E-state index contributed by atoms with van der Waals surface area (Å²) < 4.78 is 14.3. The molecule has 1 saturated heterocycles. The topological polar surface area (TPSA) is 75.5 Å². The minimum atomic E-state index is -0.486. The smallest absolute Gasteiger partial charge is 0.270 e. The van der Waals surface area contributed by atoms with Gasteiger partial charge in [0.25, 0.3) is 11.6 Å². The Balaban J connectivity index is 1.63. The Morgan fingerprint density at radius 1 is 1.20 bits per heavy atom. The lowest BCUT2D eigenvalue weighted by molar-refractivity contribution is -0.384. The Kier molecular flexibility index (Phi) is 4.58. The van der Waals surface area contributed by atoms with Crippen LogP contribution in [0.4, 0.5) is 15.8 Å². The fourth-order valence-corrected chi connectivity index (χ4v) is 5.33. The Morgan fingerprint density at radius 3 is 2.67 bits per heavy atom. The number of nitro benzene ring substituents is 1. The number of carbonyl (C=O) groups is 1. The van der Waals surface area contributed by atoms with Gasteiger partial charge in [0.15, 0.2) is 0 Å². The van der Waals surface area contributed by atoms with Crippen molar-refractivity contribution in [1.29, 1.82) is 0 Å². The molecule has 0 aromatic heterocycles. The number of nitrogens with zero attached hydrogens (tertiary/aromatic N) is 2. The van der Waals surface area contributed by atoms with Crippen LogP contribution in [0.2, 0.25) is 0 Å². The Morgan fingerprint density at radius 2 is 1.97 bits per heavy atom. The van der Waals surface area contributed by atoms with E-state index in [0.717, 1.165) is 56.4 Å². The first kappa shape index (κ1) is 19.2. The lowest BCUT2D eigenvalue weighted by atomic mass is 9.68. The van der Waals surface area contributed by atoms with Crippen molar-refractivity contribution in [3.8, 4) is 0 Å². The van der Waals surface area contributed by atoms with Gasteiger partial charge in [0.2, 0.25) is 0 Å². The van der Waals surface area contributed by atoms with Gasteiger partial charge in [-0.05, 0) is 68.1 Å². The number of hydrogen-bond acceptors (Lipinski definition) is 4. The molecule has 1 N–H and O–H groups in total. The van der Waals surface area contributed by atoms with Crippen LogP contribution in [0.15, 0.2) is 42.5 Å². The zero-order valence-corrected chi connectivity index (χ0v) is 16.6. The van der Waals surface area contributed by atoms with Gasteiger partial charge in [-0.2, -0.15) is 0 Å². The molecule has 6 nitrogen and oxygen atoms in total. The Hall–Kier alpha value is -2.80. The number of carbonyl (C=O) groups excluding carboxylic acids is 1. The number of hydrogen-bond donors (Lipinski definition) is 1. The lowest BCUT2D eigenvalue weighted by Crippen LogP contribution is -2.52. The second kappa shape index (κ2) is 7.16. The lowest BCUT2D eigenvalue weighted by Gasteiger charge is -2.42. The first-order chi connectivity index (χ1) is 14.5. The maximum absolute atomic E-state index is 14.3. The average molecular weight is 409 g/mol. The highest BCUT2D eigenvalue weighted by atomic mass is 19.1. The predicted molar refractivity (Wildman–Crippen MR) is 111 cm³/mol. The summed E-state index contributed by atoms with van der Waals surface area (Å²) in [6.07, 6.45) is 4.90. The summed E-state index contributed by atoms with van der Waals surface area (Å²) in [6, 6.07) is 10.5. The molecule has 30 heavy (non-hydrogen) atoms. The summed E-state index contributed by atoms with van der Waals surface area (Å²) >= 11 is 0. The highest BCUT2D eigenvalue weighted by Gasteiger charge is 2.54. The van der Waals surface area contributed by atoms with E-state index < -0.39 is 4.92 Å². The van der Waals surface area contributed by atoms with Crippen LogP contribution in [0.25, 0.3) is 0 Å². The fourth-order valence-electron chi connectivity index (χ4n) is 5.33. The van der Waals surface area contributed by atoms with Gasteiger partial charge in [-0.1, -0.05) is 18.9 Å². The van der Waals surface area contributed by atoms with Crippen molar-refractivity contribution in [2.45, 2.75) is 43.6 Å². The number of rotatable bonds is 4. The molecule has 0 unspecified atom stereocenters. The average Bonchev–Trinajstić information content (AvgIpc) is 3.55. The van der Waals surface area contributed by atoms with Crippen LogP contribution >= 0.6 is 0 Å². The van der Waals surface area contributed by atoms with Gasteiger partial charge in [0, 0.05) is 34.8 Å². The third-order valence-corrected chi connectivity index (χ3v) is 6.98. The van der Waals surface area contributed by atoms with E-state index in [1.807, 2.05) is 4.90 Å². The van der Waals surface area contributed by atoms with Crippen molar-refractivity contribution >= 4 is 17.3 Å². The number of nitro groups is 1. The summed E-state index contributed by atoms with van der Waals surface area (Å²) in [4.78, 5) is 26.3. The van der Waals surface area contributed by atoms with Crippen LogP contribution in [-0.2, 0) is 5.41 Å². The molecule has 2 aromatic rings. The van der Waals surface area contributed by atoms with Crippen molar-refractivity contribution in [3.63, 3.8) is 0 Å². The third kappa shape index (κ3) is 3.08. The van der Waals surface area contributed by atoms with E-state index in [4.69, 9.17) is 0 Å². The fraction of sp³-hybridized carbons (Fsp3) is 0.435. The minimum Gasteiger partial charge on any atom is -0.317 e. The normalized spacial score (nSPS) is 22.2. The van der Waals surface area contributed by atoms with E-state index in [-0.39, 0.29) is 28.9 Å². The summed E-state index contributed by atoms with van der Waals surface area (Å²) in [5.74, 6) is 0.0513. The highest BCUT2D eigenvalue weighted by molar-refractivity contribution is 6.08. The minimum absolute atomic E-state index is 0.0596. The molecule has 1 aliphatic carbocycles. The molecule has 2 fully saturated rings. The first-order valence-corrected chi connectivity index (χ1v) is 10.6. The van der Waals surface area contributed by atoms with Crippen molar-refractivity contribution < 1.29 is 14.1 Å². The maximum atomic E-state index is 14.3. The van der Waals surface area contributed by atoms with Gasteiger partial charge in [0.05, 0.1) is 4.92 Å². The summed E-state index contributed by atoms with van der Waals surface area (Å²) in [5.41, 5.74) is 1.58. The first-order valence-electron chi connectivity index (χ1n) is 10.6. The summed E-state index contributed by atoms with van der Waals surface area (Å²) in [7, 11) is 0. The van der Waals surface area contributed by atoms with Crippen molar-refractivity contribution in [2.24, 2.45) is 5.92 Å². The molecule has 1 spiro atoms. The monoisotopic (exact) mass is 409 g/mol. The van der Waals surface area contributed by atoms with E-state index in [2.05, 4.69) is 5.32 Å². The molecule has 1 amide bonds. The number of non-ortho nitro benzene ring substituents is 1. The summed E-state index contributed by atoms with van der Waals surface area (Å²) in [5, 5.41) is 14.6.